The summed E-state index contributed by atoms with van der Waals surface area (Å²) in [5.74, 6) is 0.283. The van der Waals surface area contributed by atoms with Crippen LogP contribution in [0.15, 0.2) is 59.8 Å². The molecular weight excluding hydrogens is 474 g/mol. The van der Waals surface area contributed by atoms with E-state index in [1.54, 1.807) is 56.3 Å². The SMILES string of the molecule is COc1cc(-n2cnc3ccc(-c4ccc(Cl)cn4)n3c2=O)ccc1OCC(C)(C)OC(=O)CN. The van der Waals surface area contributed by atoms with E-state index < -0.39 is 11.6 Å². The molecule has 0 amide bonds. The zero-order valence-corrected chi connectivity index (χ0v) is 20.2. The quantitative estimate of drug-likeness (QED) is 0.369. The number of halogens is 1. The molecule has 3 aromatic heterocycles. The normalized spacial score (nSPS) is 11.5. The van der Waals surface area contributed by atoms with Crippen LogP contribution in [0.2, 0.25) is 5.02 Å². The number of rotatable bonds is 8. The van der Waals surface area contributed by atoms with Crippen molar-refractivity contribution >= 4 is 23.2 Å². The van der Waals surface area contributed by atoms with Crippen LogP contribution in [-0.2, 0) is 9.53 Å². The minimum atomic E-state index is -0.896. The fourth-order valence-corrected chi connectivity index (χ4v) is 3.57. The van der Waals surface area contributed by atoms with Gasteiger partial charge in [-0.15, -0.1) is 0 Å². The molecule has 10 nitrogen and oxygen atoms in total. The van der Waals surface area contributed by atoms with Crippen LogP contribution in [0.4, 0.5) is 0 Å². The molecular formula is C24H24ClN5O5. The molecule has 3 heterocycles. The van der Waals surface area contributed by atoms with E-state index in [2.05, 4.69) is 9.97 Å². The Kier molecular flexibility index (Phi) is 6.77. The van der Waals surface area contributed by atoms with Gasteiger partial charge in [-0.1, -0.05) is 11.6 Å². The van der Waals surface area contributed by atoms with E-state index in [0.29, 0.717) is 39.2 Å². The van der Waals surface area contributed by atoms with Crippen molar-refractivity contribution in [1.29, 1.82) is 0 Å². The Morgan fingerprint density at radius 2 is 1.91 bits per heavy atom. The topological polar surface area (TPSA) is 123 Å². The zero-order valence-electron chi connectivity index (χ0n) is 19.4. The summed E-state index contributed by atoms with van der Waals surface area (Å²) >= 11 is 5.95. The summed E-state index contributed by atoms with van der Waals surface area (Å²) in [6, 6.07) is 12.0. The molecule has 35 heavy (non-hydrogen) atoms. The second-order valence-corrected chi connectivity index (χ2v) is 8.67. The number of fused-ring (bicyclic) bond motifs is 1. The van der Waals surface area contributed by atoms with Crippen LogP contribution < -0.4 is 20.9 Å². The third kappa shape index (κ3) is 5.13. The molecule has 0 aliphatic heterocycles. The first kappa shape index (κ1) is 24.2. The zero-order chi connectivity index (χ0) is 25.2. The summed E-state index contributed by atoms with van der Waals surface area (Å²) in [4.78, 5) is 33.7. The number of nitrogens with two attached hydrogens (primary N) is 1. The van der Waals surface area contributed by atoms with Crippen LogP contribution in [-0.4, -0.2) is 50.8 Å². The molecule has 2 N–H and O–H groups in total. The average molecular weight is 498 g/mol. The summed E-state index contributed by atoms with van der Waals surface area (Å²) in [5, 5.41) is 0.500. The van der Waals surface area contributed by atoms with Gasteiger partial charge >= 0.3 is 11.7 Å². The van der Waals surface area contributed by atoms with Crippen LogP contribution in [0.1, 0.15) is 13.8 Å². The molecule has 0 unspecified atom stereocenters. The van der Waals surface area contributed by atoms with E-state index in [0.717, 1.165) is 0 Å². The Morgan fingerprint density at radius 3 is 2.60 bits per heavy atom. The number of methoxy groups -OCH3 is 1. The van der Waals surface area contributed by atoms with Crippen LogP contribution in [0.3, 0.4) is 0 Å². The van der Waals surface area contributed by atoms with Gasteiger partial charge in [0.15, 0.2) is 11.5 Å². The van der Waals surface area contributed by atoms with E-state index in [1.165, 1.54) is 28.6 Å². The van der Waals surface area contributed by atoms with E-state index in [1.807, 2.05) is 0 Å². The van der Waals surface area contributed by atoms with Crippen molar-refractivity contribution < 1.29 is 19.0 Å². The third-order valence-corrected chi connectivity index (χ3v) is 5.33. The van der Waals surface area contributed by atoms with Gasteiger partial charge in [-0.25, -0.2) is 14.2 Å². The van der Waals surface area contributed by atoms with Gasteiger partial charge in [-0.2, -0.15) is 0 Å². The maximum absolute atomic E-state index is 13.4. The van der Waals surface area contributed by atoms with E-state index >= 15 is 0 Å². The highest BCUT2D eigenvalue weighted by Gasteiger charge is 2.24. The van der Waals surface area contributed by atoms with Crippen molar-refractivity contribution in [2.24, 2.45) is 5.73 Å². The summed E-state index contributed by atoms with van der Waals surface area (Å²) in [7, 11) is 1.49. The first-order chi connectivity index (χ1) is 16.7. The fourth-order valence-electron chi connectivity index (χ4n) is 3.46. The predicted molar refractivity (Wildman–Crippen MR) is 130 cm³/mol. The van der Waals surface area contributed by atoms with Gasteiger partial charge in [-0.3, -0.25) is 14.3 Å². The van der Waals surface area contributed by atoms with Gasteiger partial charge in [0.1, 0.15) is 24.2 Å². The van der Waals surface area contributed by atoms with Crippen molar-refractivity contribution in [3.8, 4) is 28.6 Å². The Hall–Kier alpha value is -3.89. The van der Waals surface area contributed by atoms with Gasteiger partial charge < -0.3 is 19.9 Å². The molecule has 4 aromatic rings. The number of hydrogen-bond acceptors (Lipinski definition) is 8. The Labute approximate surface area is 205 Å². The van der Waals surface area contributed by atoms with Crippen molar-refractivity contribution in [3.63, 3.8) is 0 Å². The molecule has 0 spiro atoms. The predicted octanol–water partition coefficient (Wildman–Crippen LogP) is 2.87. The van der Waals surface area contributed by atoms with Crippen molar-refractivity contribution in [3.05, 3.63) is 70.5 Å². The monoisotopic (exact) mass is 497 g/mol. The lowest BCUT2D eigenvalue weighted by Gasteiger charge is -2.25. The molecule has 0 bridgehead atoms. The second-order valence-electron chi connectivity index (χ2n) is 8.23. The molecule has 0 saturated carbocycles. The summed E-state index contributed by atoms with van der Waals surface area (Å²) < 4.78 is 19.5. The molecule has 0 aliphatic rings. The fraction of sp³-hybridized carbons (Fsp3) is 0.250. The summed E-state index contributed by atoms with van der Waals surface area (Å²) in [6.07, 6.45) is 2.97. The second kappa shape index (κ2) is 9.77. The average Bonchev–Trinajstić information content (AvgIpc) is 3.28. The van der Waals surface area contributed by atoms with Crippen LogP contribution in [0.5, 0.6) is 11.5 Å². The number of carbonyl (C=O) groups excluding carboxylic acids is 1. The highest BCUT2D eigenvalue weighted by molar-refractivity contribution is 6.30. The number of carbonyl (C=O) groups is 1. The molecule has 0 aliphatic carbocycles. The molecule has 1 aromatic carbocycles. The number of pyridine rings is 1. The maximum atomic E-state index is 13.4. The number of benzene rings is 1. The van der Waals surface area contributed by atoms with Crippen molar-refractivity contribution in [1.82, 2.24) is 18.9 Å². The number of aromatic nitrogens is 4. The van der Waals surface area contributed by atoms with Gasteiger partial charge in [-0.05, 0) is 50.2 Å². The highest BCUT2D eigenvalue weighted by atomic mass is 35.5. The van der Waals surface area contributed by atoms with Crippen LogP contribution in [0, 0.1) is 0 Å². The van der Waals surface area contributed by atoms with Gasteiger partial charge in [0.05, 0.1) is 35.8 Å². The molecule has 4 rings (SSSR count). The number of ether oxygens (including phenoxy) is 3. The third-order valence-electron chi connectivity index (χ3n) is 5.11. The summed E-state index contributed by atoms with van der Waals surface area (Å²) in [6.45, 7) is 3.28. The Morgan fingerprint density at radius 1 is 1.11 bits per heavy atom. The lowest BCUT2D eigenvalue weighted by Crippen LogP contribution is -2.37. The van der Waals surface area contributed by atoms with Crippen LogP contribution >= 0.6 is 11.6 Å². The van der Waals surface area contributed by atoms with Gasteiger partial charge in [0.2, 0.25) is 0 Å². The Balaban J connectivity index is 1.67. The molecule has 0 radical (unpaired) electrons. The lowest BCUT2D eigenvalue weighted by molar-refractivity contribution is -0.157. The minimum Gasteiger partial charge on any atom is -0.493 e. The maximum Gasteiger partial charge on any atom is 0.340 e. The highest BCUT2D eigenvalue weighted by Crippen LogP contribution is 2.30. The van der Waals surface area contributed by atoms with Crippen molar-refractivity contribution in [2.45, 2.75) is 19.4 Å². The van der Waals surface area contributed by atoms with Gasteiger partial charge in [0, 0.05) is 12.3 Å². The van der Waals surface area contributed by atoms with E-state index in [-0.39, 0.29) is 18.8 Å². The summed E-state index contributed by atoms with van der Waals surface area (Å²) in [5.41, 5.74) is 6.26. The smallest absolute Gasteiger partial charge is 0.340 e. The largest absolute Gasteiger partial charge is 0.493 e. The van der Waals surface area contributed by atoms with E-state index in [9.17, 15) is 9.59 Å². The lowest BCUT2D eigenvalue weighted by atomic mass is 10.1. The molecule has 0 atom stereocenters. The molecule has 0 saturated heterocycles. The van der Waals surface area contributed by atoms with Crippen LogP contribution in [0.25, 0.3) is 22.7 Å². The van der Waals surface area contributed by atoms with E-state index in [4.69, 9.17) is 31.5 Å². The first-order valence-electron chi connectivity index (χ1n) is 10.7. The molecule has 11 heteroatoms. The number of hydrogen-bond donors (Lipinski definition) is 1. The van der Waals surface area contributed by atoms with Gasteiger partial charge in [0.25, 0.3) is 0 Å². The number of esters is 1. The molecule has 182 valence electrons. The van der Waals surface area contributed by atoms with Crippen molar-refractivity contribution in [2.75, 3.05) is 20.3 Å². The molecule has 0 fully saturated rings. The standard InChI is InChI=1S/C24H24ClN5O5/c1-24(2,35-22(31)11-26)13-34-19-8-5-16(10-20(19)33-3)29-14-28-21-9-7-18(30(21)23(29)32)17-6-4-15(25)12-27-17/h4-10,12,14H,11,13,26H2,1-3H3. The number of nitrogens with zero attached hydrogens (tertiary/aromatic N) is 4. The Bertz CT molecular complexity index is 1430. The minimum absolute atomic E-state index is 0.0722. The first-order valence-corrected chi connectivity index (χ1v) is 11.0.